The average Bonchev–Trinajstić information content (AvgIpc) is 2.84. The number of hydrogen-bond donors (Lipinski definition) is 1. The van der Waals surface area contributed by atoms with Crippen LogP contribution in [-0.2, 0) is 6.54 Å². The summed E-state index contributed by atoms with van der Waals surface area (Å²) in [6.45, 7) is 10.7. The van der Waals surface area contributed by atoms with E-state index in [0.717, 1.165) is 43.0 Å². The molecule has 146 valence electrons. The molecule has 1 heterocycles. The van der Waals surface area contributed by atoms with Gasteiger partial charge in [-0.15, -0.1) is 0 Å². The van der Waals surface area contributed by atoms with Crippen LogP contribution >= 0.6 is 15.9 Å². The van der Waals surface area contributed by atoms with Crippen LogP contribution in [0.3, 0.4) is 0 Å². The van der Waals surface area contributed by atoms with Crippen molar-refractivity contribution in [3.63, 3.8) is 0 Å². The van der Waals surface area contributed by atoms with Crippen LogP contribution in [0.4, 0.5) is 0 Å². The zero-order valence-electron chi connectivity index (χ0n) is 16.5. The molecule has 0 bridgehead atoms. The zero-order chi connectivity index (χ0) is 18.8. The van der Waals surface area contributed by atoms with Gasteiger partial charge >= 0.3 is 0 Å². The average molecular weight is 424 g/mol. The van der Waals surface area contributed by atoms with Crippen molar-refractivity contribution in [3.05, 3.63) is 34.3 Å². The largest absolute Gasteiger partial charge is 0.357 e. The van der Waals surface area contributed by atoms with Gasteiger partial charge in [0.15, 0.2) is 5.96 Å². The molecule has 1 aromatic carbocycles. The Balaban J connectivity index is 1.82. The molecular formula is C20H34BrN5. The summed E-state index contributed by atoms with van der Waals surface area (Å²) in [5.41, 5.74) is 1.27. The van der Waals surface area contributed by atoms with E-state index in [1.807, 2.05) is 6.07 Å². The molecular weight excluding hydrogens is 390 g/mol. The van der Waals surface area contributed by atoms with Crippen molar-refractivity contribution in [1.82, 2.24) is 20.0 Å². The first-order valence-corrected chi connectivity index (χ1v) is 10.5. The molecule has 0 amide bonds. The van der Waals surface area contributed by atoms with Crippen LogP contribution in [0.25, 0.3) is 0 Å². The number of rotatable bonds is 7. The maximum atomic E-state index is 4.84. The highest BCUT2D eigenvalue weighted by molar-refractivity contribution is 9.10. The van der Waals surface area contributed by atoms with Crippen LogP contribution in [0, 0.1) is 0 Å². The van der Waals surface area contributed by atoms with Crippen LogP contribution in [0.2, 0.25) is 0 Å². The van der Waals surface area contributed by atoms with Crippen molar-refractivity contribution in [3.8, 4) is 0 Å². The highest BCUT2D eigenvalue weighted by Gasteiger charge is 2.12. The molecule has 0 atom stereocenters. The molecule has 0 aromatic heterocycles. The van der Waals surface area contributed by atoms with E-state index in [0.29, 0.717) is 0 Å². The standard InChI is InChI=1S/C20H34BrN5/c1-4-22-20(25(3)17-18-9-5-6-10-19(18)21)23-11-7-13-26-14-8-12-24(2)15-16-26/h5-6,9-10H,4,7-8,11-17H2,1-3H3,(H,22,23). The molecule has 0 aliphatic carbocycles. The predicted octanol–water partition coefficient (Wildman–Crippen LogP) is 2.87. The SMILES string of the molecule is CCNC(=NCCCN1CCCN(C)CC1)N(C)Cc1ccccc1Br. The Bertz CT molecular complexity index is 563. The van der Waals surface area contributed by atoms with Crippen LogP contribution in [0.1, 0.15) is 25.3 Å². The summed E-state index contributed by atoms with van der Waals surface area (Å²) < 4.78 is 1.15. The van der Waals surface area contributed by atoms with E-state index < -0.39 is 0 Å². The lowest BCUT2D eigenvalue weighted by atomic mass is 10.2. The molecule has 0 unspecified atom stereocenters. The van der Waals surface area contributed by atoms with E-state index in [4.69, 9.17) is 4.99 Å². The summed E-state index contributed by atoms with van der Waals surface area (Å²) in [5.74, 6) is 0.985. The fourth-order valence-corrected chi connectivity index (χ4v) is 3.64. The number of halogens is 1. The molecule has 0 radical (unpaired) electrons. The Morgan fingerprint density at radius 1 is 1.23 bits per heavy atom. The molecule has 1 aromatic rings. The van der Waals surface area contributed by atoms with Gasteiger partial charge < -0.3 is 20.0 Å². The third kappa shape index (κ3) is 7.25. The van der Waals surface area contributed by atoms with E-state index in [1.54, 1.807) is 0 Å². The zero-order valence-corrected chi connectivity index (χ0v) is 18.1. The van der Waals surface area contributed by atoms with E-state index in [1.165, 1.54) is 38.2 Å². The van der Waals surface area contributed by atoms with Gasteiger partial charge in [-0.25, -0.2) is 0 Å². The first-order valence-electron chi connectivity index (χ1n) is 9.74. The minimum absolute atomic E-state index is 0.839. The third-order valence-corrected chi connectivity index (χ3v) is 5.54. The Labute approximate surface area is 167 Å². The number of guanidine groups is 1. The maximum absolute atomic E-state index is 4.84. The van der Waals surface area contributed by atoms with Crippen LogP contribution in [0.5, 0.6) is 0 Å². The maximum Gasteiger partial charge on any atom is 0.193 e. The van der Waals surface area contributed by atoms with Crippen molar-refractivity contribution in [2.24, 2.45) is 4.99 Å². The van der Waals surface area contributed by atoms with Crippen molar-refractivity contribution in [1.29, 1.82) is 0 Å². The van der Waals surface area contributed by atoms with Crippen LogP contribution in [0.15, 0.2) is 33.7 Å². The molecule has 26 heavy (non-hydrogen) atoms. The number of benzene rings is 1. The first-order chi connectivity index (χ1) is 12.6. The monoisotopic (exact) mass is 423 g/mol. The van der Waals surface area contributed by atoms with Crippen LogP contribution < -0.4 is 5.32 Å². The van der Waals surface area contributed by atoms with Gasteiger partial charge in [-0.3, -0.25) is 4.99 Å². The summed E-state index contributed by atoms with van der Waals surface area (Å²) >= 11 is 3.64. The highest BCUT2D eigenvalue weighted by Crippen LogP contribution is 2.17. The van der Waals surface area contributed by atoms with Crippen molar-refractivity contribution in [2.75, 3.05) is 59.9 Å². The van der Waals surface area contributed by atoms with Gasteiger partial charge in [-0.05, 0) is 58.1 Å². The van der Waals surface area contributed by atoms with E-state index in [-0.39, 0.29) is 0 Å². The van der Waals surface area contributed by atoms with Gasteiger partial charge in [-0.2, -0.15) is 0 Å². The first kappa shape index (κ1) is 21.2. The minimum atomic E-state index is 0.839. The molecule has 2 rings (SSSR count). The topological polar surface area (TPSA) is 34.1 Å². The normalized spacial score (nSPS) is 17.2. The fourth-order valence-electron chi connectivity index (χ4n) is 3.23. The molecule has 1 aliphatic rings. The van der Waals surface area contributed by atoms with E-state index >= 15 is 0 Å². The second-order valence-corrected chi connectivity index (χ2v) is 7.89. The Morgan fingerprint density at radius 3 is 2.81 bits per heavy atom. The van der Waals surface area contributed by atoms with Gasteiger partial charge in [0.2, 0.25) is 0 Å². The van der Waals surface area contributed by atoms with Gasteiger partial charge in [0.25, 0.3) is 0 Å². The Kier molecular flexibility index (Phi) is 9.43. The molecule has 1 N–H and O–H groups in total. The number of hydrogen-bond acceptors (Lipinski definition) is 3. The summed E-state index contributed by atoms with van der Waals surface area (Å²) in [4.78, 5) is 12.0. The number of aliphatic imine (C=N–C) groups is 1. The van der Waals surface area contributed by atoms with Gasteiger partial charge in [0, 0.05) is 44.2 Å². The molecule has 6 heteroatoms. The van der Waals surface area contributed by atoms with E-state index in [9.17, 15) is 0 Å². The molecule has 1 saturated heterocycles. The van der Waals surface area contributed by atoms with Gasteiger partial charge in [-0.1, -0.05) is 34.1 Å². The Hall–Kier alpha value is -1.11. The summed E-state index contributed by atoms with van der Waals surface area (Å²) in [5, 5.41) is 3.42. The highest BCUT2D eigenvalue weighted by atomic mass is 79.9. The van der Waals surface area contributed by atoms with Gasteiger partial charge in [0.05, 0.1) is 0 Å². The number of nitrogens with one attached hydrogen (secondary N) is 1. The molecule has 0 saturated carbocycles. The van der Waals surface area contributed by atoms with E-state index in [2.05, 4.69) is 75.2 Å². The molecule has 1 aliphatic heterocycles. The van der Waals surface area contributed by atoms with Crippen LogP contribution in [-0.4, -0.2) is 80.6 Å². The van der Waals surface area contributed by atoms with Gasteiger partial charge in [0.1, 0.15) is 0 Å². The predicted molar refractivity (Wildman–Crippen MR) is 115 cm³/mol. The lowest BCUT2D eigenvalue weighted by Gasteiger charge is -2.23. The van der Waals surface area contributed by atoms with Crippen molar-refractivity contribution >= 4 is 21.9 Å². The lowest BCUT2D eigenvalue weighted by Crippen LogP contribution is -2.38. The van der Waals surface area contributed by atoms with Crippen molar-refractivity contribution < 1.29 is 0 Å². The second kappa shape index (κ2) is 11.6. The quantitative estimate of drug-likeness (QED) is 0.415. The number of likely N-dealkylation sites (N-methyl/N-ethyl adjacent to an activating group) is 1. The fraction of sp³-hybridized carbons (Fsp3) is 0.650. The third-order valence-electron chi connectivity index (χ3n) is 4.77. The number of nitrogens with zero attached hydrogens (tertiary/aromatic N) is 4. The smallest absolute Gasteiger partial charge is 0.193 e. The minimum Gasteiger partial charge on any atom is -0.357 e. The second-order valence-electron chi connectivity index (χ2n) is 7.04. The lowest BCUT2D eigenvalue weighted by molar-refractivity contribution is 0.275. The van der Waals surface area contributed by atoms with Crippen molar-refractivity contribution in [2.45, 2.75) is 26.3 Å². The molecule has 1 fully saturated rings. The summed E-state index contributed by atoms with van der Waals surface area (Å²) in [7, 11) is 4.32. The summed E-state index contributed by atoms with van der Waals surface area (Å²) in [6, 6.07) is 8.37. The summed E-state index contributed by atoms with van der Waals surface area (Å²) in [6.07, 6.45) is 2.39. The molecule has 5 nitrogen and oxygen atoms in total. The molecule has 0 spiro atoms. The Morgan fingerprint density at radius 2 is 2.04 bits per heavy atom.